The summed E-state index contributed by atoms with van der Waals surface area (Å²) in [4.78, 5) is 39.1. The molecule has 1 aromatic carbocycles. The fraction of sp³-hybridized carbons (Fsp3) is 0.375. The third-order valence-electron chi connectivity index (χ3n) is 6.48. The Morgan fingerprint density at radius 3 is 2.70 bits per heavy atom. The average Bonchev–Trinajstić information content (AvgIpc) is 3.46. The van der Waals surface area contributed by atoms with Gasteiger partial charge in [-0.2, -0.15) is 5.10 Å². The first-order valence-corrected chi connectivity index (χ1v) is 11.2. The molecule has 0 radical (unpaired) electrons. The lowest BCUT2D eigenvalue weighted by Crippen LogP contribution is -2.37. The molecule has 2 aliphatic rings. The number of fused-ring (bicyclic) bond motifs is 1. The second-order valence-corrected chi connectivity index (χ2v) is 8.64. The van der Waals surface area contributed by atoms with Crippen LogP contribution < -0.4 is 4.90 Å². The molecule has 0 spiro atoms. The first kappa shape index (κ1) is 21.2. The molecule has 2 aliphatic heterocycles. The van der Waals surface area contributed by atoms with E-state index in [0.717, 1.165) is 35.4 Å². The molecule has 0 saturated carbocycles. The number of aromatic nitrogens is 4. The molecule has 33 heavy (non-hydrogen) atoms. The summed E-state index contributed by atoms with van der Waals surface area (Å²) in [5.41, 5.74) is 3.87. The first-order valence-electron chi connectivity index (χ1n) is 11.2. The Bertz CT molecular complexity index is 1220. The Kier molecular flexibility index (Phi) is 5.39. The topological polar surface area (TPSA) is 95.1 Å². The molecule has 2 aromatic heterocycles. The van der Waals surface area contributed by atoms with Crippen molar-refractivity contribution in [2.24, 2.45) is 0 Å². The van der Waals surface area contributed by atoms with Gasteiger partial charge in [0.2, 0.25) is 5.91 Å². The molecule has 0 bridgehead atoms. The maximum absolute atomic E-state index is 13.3. The number of H-pyrrole nitrogens is 1. The molecule has 2 amide bonds. The minimum absolute atomic E-state index is 0.0238. The summed E-state index contributed by atoms with van der Waals surface area (Å²) in [5, 5.41) is 6.79. The van der Waals surface area contributed by atoms with Crippen LogP contribution in [0.3, 0.4) is 0 Å². The Morgan fingerprint density at radius 2 is 1.97 bits per heavy atom. The lowest BCUT2D eigenvalue weighted by atomic mass is 10.0. The number of halogens is 1. The number of carbonyl (C=O) groups excluding carboxylic acids is 2. The summed E-state index contributed by atoms with van der Waals surface area (Å²) in [5.74, 6) is 0.712. The number of nitrogens with one attached hydrogen (secondary N) is 1. The number of amides is 2. The molecule has 8 nitrogen and oxygen atoms in total. The summed E-state index contributed by atoms with van der Waals surface area (Å²) in [6, 6.07) is 5.87. The van der Waals surface area contributed by atoms with Crippen molar-refractivity contribution in [1.82, 2.24) is 25.1 Å². The van der Waals surface area contributed by atoms with Crippen LogP contribution in [0.5, 0.6) is 0 Å². The van der Waals surface area contributed by atoms with Gasteiger partial charge in [-0.15, -0.1) is 0 Å². The van der Waals surface area contributed by atoms with Crippen LogP contribution in [0.25, 0.3) is 0 Å². The van der Waals surface area contributed by atoms with Crippen LogP contribution in [0.15, 0.2) is 30.5 Å². The second kappa shape index (κ2) is 8.38. The van der Waals surface area contributed by atoms with Crippen LogP contribution in [-0.2, 0) is 17.8 Å². The van der Waals surface area contributed by atoms with Crippen LogP contribution in [0, 0.1) is 19.7 Å². The van der Waals surface area contributed by atoms with Gasteiger partial charge in [-0.05, 0) is 50.8 Å². The van der Waals surface area contributed by atoms with E-state index < -0.39 is 0 Å². The number of hydrogen-bond donors (Lipinski definition) is 1. The number of benzene rings is 1. The van der Waals surface area contributed by atoms with Crippen molar-refractivity contribution < 1.29 is 14.0 Å². The van der Waals surface area contributed by atoms with E-state index in [2.05, 4.69) is 10.2 Å². The van der Waals surface area contributed by atoms with E-state index in [-0.39, 0.29) is 23.7 Å². The molecule has 3 aromatic rings. The first-order chi connectivity index (χ1) is 15.9. The average molecular weight is 449 g/mol. The lowest BCUT2D eigenvalue weighted by Gasteiger charge is -2.31. The third kappa shape index (κ3) is 3.88. The monoisotopic (exact) mass is 448 g/mol. The van der Waals surface area contributed by atoms with Gasteiger partial charge in [0.1, 0.15) is 11.6 Å². The highest BCUT2D eigenvalue weighted by atomic mass is 19.1. The maximum atomic E-state index is 13.3. The minimum atomic E-state index is -0.316. The van der Waals surface area contributed by atoms with Crippen LogP contribution in [0.2, 0.25) is 0 Å². The van der Waals surface area contributed by atoms with Crippen molar-refractivity contribution in [3.63, 3.8) is 0 Å². The number of carbonyl (C=O) groups is 2. The summed E-state index contributed by atoms with van der Waals surface area (Å²) < 4.78 is 13.3. The molecule has 5 rings (SSSR count). The van der Waals surface area contributed by atoms with Gasteiger partial charge < -0.3 is 4.90 Å². The van der Waals surface area contributed by atoms with Gasteiger partial charge in [0.15, 0.2) is 5.82 Å². The van der Waals surface area contributed by atoms with Crippen LogP contribution in [-0.4, -0.2) is 43.4 Å². The van der Waals surface area contributed by atoms with Crippen molar-refractivity contribution in [3.05, 3.63) is 70.2 Å². The highest BCUT2D eigenvalue weighted by Crippen LogP contribution is 2.36. The van der Waals surface area contributed by atoms with Gasteiger partial charge in [-0.3, -0.25) is 19.6 Å². The van der Waals surface area contributed by atoms with Gasteiger partial charge in [0.05, 0.1) is 24.3 Å². The Labute approximate surface area is 190 Å². The molecule has 1 saturated heterocycles. The van der Waals surface area contributed by atoms with Crippen LogP contribution >= 0.6 is 0 Å². The summed E-state index contributed by atoms with van der Waals surface area (Å²) in [6.07, 6.45) is 4.13. The lowest BCUT2D eigenvalue weighted by molar-refractivity contribution is -0.119. The van der Waals surface area contributed by atoms with Gasteiger partial charge in [0.25, 0.3) is 5.91 Å². The maximum Gasteiger partial charge on any atom is 0.257 e. The van der Waals surface area contributed by atoms with E-state index >= 15 is 0 Å². The van der Waals surface area contributed by atoms with E-state index in [0.29, 0.717) is 43.1 Å². The molecular formula is C24H25FN6O2. The Morgan fingerprint density at radius 1 is 1.18 bits per heavy atom. The van der Waals surface area contributed by atoms with Crippen molar-refractivity contribution in [2.75, 3.05) is 11.4 Å². The van der Waals surface area contributed by atoms with E-state index in [1.165, 1.54) is 12.1 Å². The van der Waals surface area contributed by atoms with Crippen molar-refractivity contribution in [2.45, 2.75) is 52.1 Å². The van der Waals surface area contributed by atoms with Crippen LogP contribution in [0.1, 0.15) is 64.0 Å². The molecule has 9 heteroatoms. The summed E-state index contributed by atoms with van der Waals surface area (Å²) in [7, 11) is 0. The highest BCUT2D eigenvalue weighted by Gasteiger charge is 2.36. The minimum Gasteiger partial charge on any atom is -0.328 e. The molecule has 4 heterocycles. The fourth-order valence-electron chi connectivity index (χ4n) is 4.69. The standard InChI is InChI=1S/C24H25FN6O2/c1-14-18-9-10-21(32)31(13-16-5-7-17(25)8-6-16)23(18)28-22(27-14)20-4-3-11-30(20)24(33)19-12-26-29-15(19)2/h5-8,12,20H,3-4,9-11,13H2,1-2H3,(H,26,29)/t20-/m0/s1. The predicted molar refractivity (Wildman–Crippen MR) is 119 cm³/mol. The smallest absolute Gasteiger partial charge is 0.257 e. The second-order valence-electron chi connectivity index (χ2n) is 8.64. The van der Waals surface area contributed by atoms with Crippen molar-refractivity contribution in [1.29, 1.82) is 0 Å². The number of anilines is 1. The normalized spacial score (nSPS) is 18.0. The van der Waals surface area contributed by atoms with E-state index in [4.69, 9.17) is 9.97 Å². The van der Waals surface area contributed by atoms with Gasteiger partial charge in [-0.25, -0.2) is 14.4 Å². The zero-order valence-electron chi connectivity index (χ0n) is 18.6. The quantitative estimate of drug-likeness (QED) is 0.660. The summed E-state index contributed by atoms with van der Waals surface area (Å²) >= 11 is 0. The molecule has 1 atom stereocenters. The largest absolute Gasteiger partial charge is 0.328 e. The number of hydrogen-bond acceptors (Lipinski definition) is 5. The molecular weight excluding hydrogens is 423 g/mol. The fourth-order valence-corrected chi connectivity index (χ4v) is 4.69. The van der Waals surface area contributed by atoms with Crippen molar-refractivity contribution in [3.8, 4) is 0 Å². The Hall–Kier alpha value is -3.62. The van der Waals surface area contributed by atoms with Crippen LogP contribution in [0.4, 0.5) is 10.2 Å². The van der Waals surface area contributed by atoms with Gasteiger partial charge in [-0.1, -0.05) is 12.1 Å². The summed E-state index contributed by atoms with van der Waals surface area (Å²) in [6.45, 7) is 4.68. The number of aryl methyl sites for hydroxylation is 2. The third-order valence-corrected chi connectivity index (χ3v) is 6.48. The number of nitrogens with zero attached hydrogens (tertiary/aromatic N) is 5. The van der Waals surface area contributed by atoms with E-state index in [1.54, 1.807) is 28.1 Å². The molecule has 1 N–H and O–H groups in total. The van der Waals surface area contributed by atoms with Gasteiger partial charge in [0, 0.05) is 29.9 Å². The molecule has 0 aliphatic carbocycles. The molecule has 1 fully saturated rings. The Balaban J connectivity index is 1.50. The van der Waals surface area contributed by atoms with E-state index in [1.807, 2.05) is 13.8 Å². The number of likely N-dealkylation sites (tertiary alicyclic amines) is 1. The van der Waals surface area contributed by atoms with E-state index in [9.17, 15) is 14.0 Å². The zero-order chi connectivity index (χ0) is 23.1. The van der Waals surface area contributed by atoms with Gasteiger partial charge >= 0.3 is 0 Å². The number of aromatic amines is 1. The zero-order valence-corrected chi connectivity index (χ0v) is 18.6. The SMILES string of the molecule is Cc1nc([C@@H]2CCCN2C(=O)c2cn[nH]c2C)nc2c1CCC(=O)N2Cc1ccc(F)cc1. The molecule has 0 unspecified atom stereocenters. The van der Waals surface area contributed by atoms with Crippen molar-refractivity contribution >= 4 is 17.6 Å². The highest BCUT2D eigenvalue weighted by molar-refractivity contribution is 5.96. The molecule has 170 valence electrons. The predicted octanol–water partition coefficient (Wildman–Crippen LogP) is 3.41. The number of rotatable bonds is 4.